The standard InChI is InChI=1S/C16H27N5O5/c1-15(2,3)26-14(22)18-11-6-7-20(10-16(4,23)8-11)13-12(21(24)25)9-17-19(13)5/h9,11,23H,6-8,10H2,1-5H3,(H,18,22)/t11-,16+/m0/s1. The van der Waals surface area contributed by atoms with E-state index < -0.39 is 22.2 Å². The monoisotopic (exact) mass is 369 g/mol. The van der Waals surface area contributed by atoms with E-state index in [-0.39, 0.29) is 18.3 Å². The van der Waals surface area contributed by atoms with Crippen molar-refractivity contribution in [2.45, 2.75) is 57.8 Å². The van der Waals surface area contributed by atoms with E-state index in [1.807, 2.05) is 0 Å². The van der Waals surface area contributed by atoms with Gasteiger partial charge in [0.15, 0.2) is 0 Å². The van der Waals surface area contributed by atoms with Crippen molar-refractivity contribution in [1.82, 2.24) is 15.1 Å². The minimum atomic E-state index is -1.14. The van der Waals surface area contributed by atoms with Crippen LogP contribution in [0, 0.1) is 10.1 Å². The maximum absolute atomic E-state index is 12.0. The molecule has 2 N–H and O–H groups in total. The number of amides is 1. The number of rotatable bonds is 3. The molecule has 0 spiro atoms. The zero-order chi connectivity index (χ0) is 19.7. The number of carbonyl (C=O) groups is 1. The molecule has 0 aliphatic carbocycles. The number of hydrogen-bond acceptors (Lipinski definition) is 7. The summed E-state index contributed by atoms with van der Waals surface area (Å²) in [6, 6.07) is -0.308. The fourth-order valence-corrected chi connectivity index (χ4v) is 3.19. The second kappa shape index (κ2) is 7.10. The molecule has 146 valence electrons. The van der Waals surface area contributed by atoms with Gasteiger partial charge in [0.1, 0.15) is 11.8 Å². The zero-order valence-electron chi connectivity index (χ0n) is 15.9. The lowest BCUT2D eigenvalue weighted by molar-refractivity contribution is -0.384. The molecule has 0 aromatic carbocycles. The average molecular weight is 369 g/mol. The van der Waals surface area contributed by atoms with Gasteiger partial charge in [0.2, 0.25) is 5.82 Å². The molecule has 26 heavy (non-hydrogen) atoms. The number of nitrogens with zero attached hydrogens (tertiary/aromatic N) is 4. The Labute approximate surface area is 152 Å². The van der Waals surface area contributed by atoms with Crippen LogP contribution in [0.5, 0.6) is 0 Å². The molecule has 1 aliphatic heterocycles. The molecule has 2 rings (SSSR count). The Morgan fingerprint density at radius 1 is 1.54 bits per heavy atom. The first-order chi connectivity index (χ1) is 11.9. The van der Waals surface area contributed by atoms with Crippen LogP contribution in [0.25, 0.3) is 0 Å². The van der Waals surface area contributed by atoms with Gasteiger partial charge >= 0.3 is 11.8 Å². The molecular weight excluding hydrogens is 342 g/mol. The first-order valence-electron chi connectivity index (χ1n) is 8.51. The third-order valence-corrected chi connectivity index (χ3v) is 4.07. The molecule has 0 bridgehead atoms. The summed E-state index contributed by atoms with van der Waals surface area (Å²) in [7, 11) is 1.62. The van der Waals surface area contributed by atoms with E-state index in [9.17, 15) is 20.0 Å². The van der Waals surface area contributed by atoms with Gasteiger partial charge in [-0.1, -0.05) is 0 Å². The molecule has 10 heteroatoms. The third-order valence-electron chi connectivity index (χ3n) is 4.07. The lowest BCUT2D eigenvalue weighted by Gasteiger charge is -2.29. The molecule has 1 amide bonds. The van der Waals surface area contributed by atoms with Crippen molar-refractivity contribution in [3.05, 3.63) is 16.3 Å². The van der Waals surface area contributed by atoms with Gasteiger partial charge in [0.05, 0.1) is 10.5 Å². The highest BCUT2D eigenvalue weighted by atomic mass is 16.6. The molecule has 10 nitrogen and oxygen atoms in total. The number of aliphatic hydroxyl groups is 1. The Morgan fingerprint density at radius 2 is 2.19 bits per heavy atom. The van der Waals surface area contributed by atoms with Gasteiger partial charge < -0.3 is 20.1 Å². The van der Waals surface area contributed by atoms with Crippen LogP contribution in [0.2, 0.25) is 0 Å². The smallest absolute Gasteiger partial charge is 0.407 e. The van der Waals surface area contributed by atoms with Crippen LogP contribution in [0.1, 0.15) is 40.5 Å². The summed E-state index contributed by atoms with van der Waals surface area (Å²) < 4.78 is 6.70. The topological polar surface area (TPSA) is 123 Å². The zero-order valence-corrected chi connectivity index (χ0v) is 15.9. The van der Waals surface area contributed by atoms with E-state index >= 15 is 0 Å². The van der Waals surface area contributed by atoms with Crippen molar-refractivity contribution in [2.24, 2.45) is 7.05 Å². The van der Waals surface area contributed by atoms with Crippen LogP contribution in [-0.2, 0) is 11.8 Å². The van der Waals surface area contributed by atoms with E-state index in [2.05, 4.69) is 10.4 Å². The molecule has 2 atom stereocenters. The van der Waals surface area contributed by atoms with Crippen LogP contribution in [0.3, 0.4) is 0 Å². The van der Waals surface area contributed by atoms with Crippen molar-refractivity contribution in [2.75, 3.05) is 18.0 Å². The van der Waals surface area contributed by atoms with E-state index in [0.717, 1.165) is 0 Å². The van der Waals surface area contributed by atoms with Crippen molar-refractivity contribution in [3.8, 4) is 0 Å². The molecule has 1 aromatic rings. The molecule has 0 unspecified atom stereocenters. The Bertz CT molecular complexity index is 679. The third kappa shape index (κ3) is 5.07. The number of aromatic nitrogens is 2. The highest BCUT2D eigenvalue weighted by molar-refractivity contribution is 5.68. The summed E-state index contributed by atoms with van der Waals surface area (Å²) in [5.41, 5.74) is -1.87. The van der Waals surface area contributed by atoms with Crippen molar-refractivity contribution < 1.29 is 19.6 Å². The van der Waals surface area contributed by atoms with Crippen LogP contribution in [0.4, 0.5) is 16.3 Å². The van der Waals surface area contributed by atoms with Gasteiger partial charge in [0, 0.05) is 26.2 Å². The van der Waals surface area contributed by atoms with Gasteiger partial charge in [-0.3, -0.25) is 10.1 Å². The fourth-order valence-electron chi connectivity index (χ4n) is 3.19. The first-order valence-corrected chi connectivity index (χ1v) is 8.51. The minimum absolute atomic E-state index is 0.109. The van der Waals surface area contributed by atoms with Crippen LogP contribution >= 0.6 is 0 Å². The molecular formula is C16H27N5O5. The lowest BCUT2D eigenvalue weighted by Crippen LogP contribution is -2.44. The van der Waals surface area contributed by atoms with E-state index in [4.69, 9.17) is 4.74 Å². The number of β-amino-alcohol motifs (C(OH)–C–C–N with tert-alkyl or cyclic N) is 1. The Kier molecular flexibility index (Phi) is 5.45. The molecule has 0 saturated carbocycles. The Hall–Kier alpha value is -2.36. The molecule has 2 heterocycles. The second-order valence-corrected chi connectivity index (χ2v) is 7.99. The van der Waals surface area contributed by atoms with Gasteiger partial charge in [-0.15, -0.1) is 0 Å². The van der Waals surface area contributed by atoms with Gasteiger partial charge in [0.25, 0.3) is 0 Å². The summed E-state index contributed by atoms with van der Waals surface area (Å²) >= 11 is 0. The summed E-state index contributed by atoms with van der Waals surface area (Å²) in [4.78, 5) is 24.5. The molecule has 0 radical (unpaired) electrons. The summed E-state index contributed by atoms with van der Waals surface area (Å²) in [6.45, 7) is 7.60. The SMILES string of the molecule is Cn1ncc([N+](=O)[O-])c1N1CC[C@H](NC(=O)OC(C)(C)C)C[C@@](C)(O)C1. The normalized spacial score (nSPS) is 24.1. The number of alkyl carbamates (subject to hydrolysis) is 1. The summed E-state index contributed by atoms with van der Waals surface area (Å²) in [5.74, 6) is 0.341. The van der Waals surface area contributed by atoms with E-state index in [1.165, 1.54) is 10.9 Å². The summed E-state index contributed by atoms with van der Waals surface area (Å²) in [5, 5.41) is 28.7. The van der Waals surface area contributed by atoms with Crippen molar-refractivity contribution >= 4 is 17.6 Å². The largest absolute Gasteiger partial charge is 0.444 e. The predicted molar refractivity (Wildman–Crippen MR) is 95.1 cm³/mol. The number of anilines is 1. The number of nitrogens with one attached hydrogen (secondary N) is 1. The highest BCUT2D eigenvalue weighted by Crippen LogP contribution is 2.31. The van der Waals surface area contributed by atoms with Gasteiger partial charge in [-0.2, -0.15) is 5.10 Å². The lowest BCUT2D eigenvalue weighted by atomic mass is 9.97. The van der Waals surface area contributed by atoms with Crippen molar-refractivity contribution in [1.29, 1.82) is 0 Å². The predicted octanol–water partition coefficient (Wildman–Crippen LogP) is 1.57. The summed E-state index contributed by atoms with van der Waals surface area (Å²) in [6.07, 6.45) is 1.48. The number of aryl methyl sites for hydroxylation is 1. The average Bonchev–Trinajstić information content (AvgIpc) is 2.75. The van der Waals surface area contributed by atoms with Crippen LogP contribution < -0.4 is 10.2 Å². The van der Waals surface area contributed by atoms with E-state index in [0.29, 0.717) is 25.2 Å². The van der Waals surface area contributed by atoms with Gasteiger partial charge in [-0.25, -0.2) is 9.48 Å². The van der Waals surface area contributed by atoms with Gasteiger partial charge in [-0.05, 0) is 40.5 Å². The van der Waals surface area contributed by atoms with Crippen LogP contribution in [-0.4, -0.2) is 56.2 Å². The minimum Gasteiger partial charge on any atom is -0.444 e. The Morgan fingerprint density at radius 3 is 2.77 bits per heavy atom. The number of carbonyl (C=O) groups excluding carboxylic acids is 1. The maximum atomic E-state index is 12.0. The molecule has 1 aromatic heterocycles. The quantitative estimate of drug-likeness (QED) is 0.612. The van der Waals surface area contributed by atoms with Crippen LogP contribution in [0.15, 0.2) is 6.20 Å². The number of ether oxygens (including phenoxy) is 1. The fraction of sp³-hybridized carbons (Fsp3) is 0.750. The number of hydrogen-bond donors (Lipinski definition) is 2. The maximum Gasteiger partial charge on any atom is 0.407 e. The highest BCUT2D eigenvalue weighted by Gasteiger charge is 2.36. The first kappa shape index (κ1) is 20.0. The second-order valence-electron chi connectivity index (χ2n) is 7.99. The van der Waals surface area contributed by atoms with Crippen molar-refractivity contribution in [3.63, 3.8) is 0 Å². The molecule has 1 fully saturated rings. The molecule has 1 aliphatic rings. The number of nitro groups is 1. The molecule has 1 saturated heterocycles. The Balaban J connectivity index is 2.16. The van der Waals surface area contributed by atoms with E-state index in [1.54, 1.807) is 39.6 Å².